The second kappa shape index (κ2) is 8.42. The summed E-state index contributed by atoms with van der Waals surface area (Å²) in [5.74, 6) is -0.181. The van der Waals surface area contributed by atoms with Crippen molar-refractivity contribution in [2.45, 2.75) is 12.8 Å². The molecule has 0 fully saturated rings. The van der Waals surface area contributed by atoms with Crippen LogP contribution in [-0.4, -0.2) is 22.7 Å². The predicted molar refractivity (Wildman–Crippen MR) is 115 cm³/mol. The molecule has 3 aromatic rings. The average molecular weight is 436 g/mol. The SMILES string of the molecule is Cc1[nH]nc2c1C(c1ccccc1OCC(=O)Nc1ccccc1Cl)C(C#N)=C(N)O2. The molecule has 156 valence electrons. The lowest BCUT2D eigenvalue weighted by Crippen LogP contribution is -2.23. The largest absolute Gasteiger partial charge is 0.483 e. The van der Waals surface area contributed by atoms with Crippen LogP contribution in [0.2, 0.25) is 5.02 Å². The highest BCUT2D eigenvalue weighted by Crippen LogP contribution is 2.45. The molecule has 0 saturated carbocycles. The fourth-order valence-electron chi connectivity index (χ4n) is 3.45. The first-order valence-electron chi connectivity index (χ1n) is 9.38. The van der Waals surface area contributed by atoms with Crippen LogP contribution in [0.4, 0.5) is 5.69 Å². The monoisotopic (exact) mass is 435 g/mol. The van der Waals surface area contributed by atoms with Gasteiger partial charge in [-0.3, -0.25) is 9.89 Å². The first-order chi connectivity index (χ1) is 15.0. The number of nitrogens with two attached hydrogens (primary N) is 1. The van der Waals surface area contributed by atoms with Gasteiger partial charge in [-0.1, -0.05) is 41.9 Å². The summed E-state index contributed by atoms with van der Waals surface area (Å²) in [5.41, 5.74) is 8.83. The number of benzene rings is 2. The highest BCUT2D eigenvalue weighted by atomic mass is 35.5. The number of nitriles is 1. The summed E-state index contributed by atoms with van der Waals surface area (Å²) in [4.78, 5) is 12.4. The summed E-state index contributed by atoms with van der Waals surface area (Å²) in [7, 11) is 0. The van der Waals surface area contributed by atoms with Crippen LogP contribution >= 0.6 is 11.6 Å². The number of H-pyrrole nitrogens is 1. The summed E-state index contributed by atoms with van der Waals surface area (Å²) >= 11 is 6.09. The summed E-state index contributed by atoms with van der Waals surface area (Å²) in [6, 6.07) is 16.2. The fraction of sp³-hybridized carbons (Fsp3) is 0.136. The maximum atomic E-state index is 12.4. The number of allylic oxidation sites excluding steroid dienone is 1. The number of anilines is 1. The zero-order chi connectivity index (χ0) is 22.0. The summed E-state index contributed by atoms with van der Waals surface area (Å²) in [5, 5.41) is 19.9. The topological polar surface area (TPSA) is 126 Å². The average Bonchev–Trinajstić information content (AvgIpc) is 3.13. The van der Waals surface area contributed by atoms with Crippen LogP contribution in [0, 0.1) is 18.3 Å². The Kier molecular flexibility index (Phi) is 5.52. The van der Waals surface area contributed by atoms with Crippen LogP contribution in [0.3, 0.4) is 0 Å². The van der Waals surface area contributed by atoms with E-state index in [1.54, 1.807) is 36.4 Å². The Morgan fingerprint density at radius 3 is 2.84 bits per heavy atom. The molecular formula is C22H18ClN5O3. The minimum atomic E-state index is -0.546. The third-order valence-corrected chi connectivity index (χ3v) is 5.20. The molecule has 1 atom stereocenters. The molecule has 1 unspecified atom stereocenters. The molecule has 4 N–H and O–H groups in total. The van der Waals surface area contributed by atoms with Gasteiger partial charge in [-0.2, -0.15) is 5.26 Å². The van der Waals surface area contributed by atoms with E-state index in [0.29, 0.717) is 33.5 Å². The minimum Gasteiger partial charge on any atom is -0.483 e. The molecule has 4 rings (SSSR count). The van der Waals surface area contributed by atoms with Gasteiger partial charge in [0, 0.05) is 16.8 Å². The van der Waals surface area contributed by atoms with Gasteiger partial charge in [0.05, 0.1) is 16.6 Å². The number of carbonyl (C=O) groups is 1. The number of aryl methyl sites for hydroxylation is 1. The van der Waals surface area contributed by atoms with E-state index in [4.69, 9.17) is 26.8 Å². The van der Waals surface area contributed by atoms with Gasteiger partial charge in [0.2, 0.25) is 11.8 Å². The van der Waals surface area contributed by atoms with Crippen molar-refractivity contribution in [3.05, 3.63) is 81.8 Å². The number of halogens is 1. The van der Waals surface area contributed by atoms with E-state index in [-0.39, 0.29) is 24.0 Å². The standard InChI is InChI=1S/C22H18ClN5O3/c1-12-19-20(14(10-24)21(25)31-22(19)28-27-12)13-6-2-5-9-17(13)30-11-18(29)26-16-8-4-3-7-15(16)23/h2-9,20H,11,25H2,1H3,(H,26,29)(H,27,28). The normalized spacial score (nSPS) is 14.9. The summed E-state index contributed by atoms with van der Waals surface area (Å²) in [6.07, 6.45) is 0. The quantitative estimate of drug-likeness (QED) is 0.562. The van der Waals surface area contributed by atoms with Gasteiger partial charge in [-0.15, -0.1) is 5.10 Å². The maximum Gasteiger partial charge on any atom is 0.262 e. The van der Waals surface area contributed by atoms with Crippen molar-refractivity contribution in [2.24, 2.45) is 5.73 Å². The van der Waals surface area contributed by atoms with Gasteiger partial charge in [-0.05, 0) is 25.1 Å². The van der Waals surface area contributed by atoms with Crippen LogP contribution in [0.25, 0.3) is 0 Å². The molecule has 2 aromatic carbocycles. The first-order valence-corrected chi connectivity index (χ1v) is 9.76. The second-order valence-corrected chi connectivity index (χ2v) is 7.25. The number of carbonyl (C=O) groups excluding carboxylic acids is 1. The zero-order valence-corrected chi connectivity index (χ0v) is 17.2. The molecule has 1 aliphatic heterocycles. The lowest BCUT2D eigenvalue weighted by atomic mass is 9.83. The van der Waals surface area contributed by atoms with Gasteiger partial charge in [0.15, 0.2) is 6.61 Å². The number of nitrogens with one attached hydrogen (secondary N) is 2. The minimum absolute atomic E-state index is 0.0160. The van der Waals surface area contributed by atoms with E-state index in [2.05, 4.69) is 21.6 Å². The molecule has 1 aromatic heterocycles. The second-order valence-electron chi connectivity index (χ2n) is 6.85. The number of amides is 1. The predicted octanol–water partition coefficient (Wildman–Crippen LogP) is 3.61. The lowest BCUT2D eigenvalue weighted by molar-refractivity contribution is -0.118. The van der Waals surface area contributed by atoms with Gasteiger partial charge in [0.1, 0.15) is 17.4 Å². The number of hydrogen-bond acceptors (Lipinski definition) is 6. The molecule has 0 spiro atoms. The summed E-state index contributed by atoms with van der Waals surface area (Å²) < 4.78 is 11.3. The van der Waals surface area contributed by atoms with Crippen LogP contribution in [-0.2, 0) is 4.79 Å². The van der Waals surface area contributed by atoms with Crippen molar-refractivity contribution < 1.29 is 14.3 Å². The van der Waals surface area contributed by atoms with E-state index in [9.17, 15) is 10.1 Å². The van der Waals surface area contributed by atoms with Crippen LogP contribution < -0.4 is 20.5 Å². The van der Waals surface area contributed by atoms with Crippen LogP contribution in [0.5, 0.6) is 11.6 Å². The molecule has 0 aliphatic carbocycles. The maximum absolute atomic E-state index is 12.4. The number of fused-ring (bicyclic) bond motifs is 1. The van der Waals surface area contributed by atoms with E-state index in [1.807, 2.05) is 19.1 Å². The van der Waals surface area contributed by atoms with Crippen molar-refractivity contribution in [3.8, 4) is 17.7 Å². The molecule has 2 heterocycles. The number of aromatic nitrogens is 2. The van der Waals surface area contributed by atoms with E-state index in [0.717, 1.165) is 5.69 Å². The Labute approximate surface area is 183 Å². The van der Waals surface area contributed by atoms with Gasteiger partial charge in [0.25, 0.3) is 5.91 Å². The van der Waals surface area contributed by atoms with Crippen molar-refractivity contribution in [2.75, 3.05) is 11.9 Å². The van der Waals surface area contributed by atoms with Crippen molar-refractivity contribution >= 4 is 23.2 Å². The molecule has 31 heavy (non-hydrogen) atoms. The number of para-hydroxylation sites is 2. The van der Waals surface area contributed by atoms with Gasteiger partial charge in [-0.25, -0.2) is 0 Å². The summed E-state index contributed by atoms with van der Waals surface area (Å²) in [6.45, 7) is 1.59. The van der Waals surface area contributed by atoms with Crippen molar-refractivity contribution in [1.29, 1.82) is 5.26 Å². The molecule has 8 nitrogen and oxygen atoms in total. The van der Waals surface area contributed by atoms with Crippen LogP contribution in [0.15, 0.2) is 60.0 Å². The van der Waals surface area contributed by atoms with Crippen molar-refractivity contribution in [1.82, 2.24) is 10.2 Å². The Morgan fingerprint density at radius 1 is 1.32 bits per heavy atom. The molecule has 0 saturated heterocycles. The van der Waals surface area contributed by atoms with E-state index >= 15 is 0 Å². The van der Waals surface area contributed by atoms with Crippen LogP contribution in [0.1, 0.15) is 22.7 Å². The fourth-order valence-corrected chi connectivity index (χ4v) is 3.64. The van der Waals surface area contributed by atoms with Crippen molar-refractivity contribution in [3.63, 3.8) is 0 Å². The third kappa shape index (κ3) is 3.91. The molecule has 0 radical (unpaired) electrons. The molecule has 9 heteroatoms. The number of ether oxygens (including phenoxy) is 2. The van der Waals surface area contributed by atoms with Gasteiger partial charge >= 0.3 is 0 Å². The van der Waals surface area contributed by atoms with Gasteiger partial charge < -0.3 is 20.5 Å². The highest BCUT2D eigenvalue weighted by molar-refractivity contribution is 6.33. The molecular weight excluding hydrogens is 418 g/mol. The Morgan fingerprint density at radius 2 is 2.06 bits per heavy atom. The number of nitrogens with zero attached hydrogens (tertiary/aromatic N) is 2. The number of aromatic amines is 1. The van der Waals surface area contributed by atoms with E-state index in [1.165, 1.54) is 0 Å². The van der Waals surface area contributed by atoms with E-state index < -0.39 is 5.92 Å². The highest BCUT2D eigenvalue weighted by Gasteiger charge is 2.35. The lowest BCUT2D eigenvalue weighted by Gasteiger charge is -2.25. The first kappa shape index (κ1) is 20.3. The third-order valence-electron chi connectivity index (χ3n) is 4.87. The Bertz CT molecular complexity index is 1230. The Balaban J connectivity index is 1.62. The Hall–Kier alpha value is -3.96. The molecule has 1 amide bonds. The number of hydrogen-bond donors (Lipinski definition) is 3. The molecule has 1 aliphatic rings. The molecule has 0 bridgehead atoms. The number of rotatable bonds is 5. The zero-order valence-electron chi connectivity index (χ0n) is 16.5. The smallest absolute Gasteiger partial charge is 0.262 e.